The van der Waals surface area contributed by atoms with E-state index in [2.05, 4.69) is 5.48 Å². The minimum atomic E-state index is 0.578. The molecule has 0 fully saturated rings. The molecule has 0 bridgehead atoms. The molecule has 1 aromatic carbocycles. The van der Waals surface area contributed by atoms with E-state index >= 15 is 0 Å². The fourth-order valence-electron chi connectivity index (χ4n) is 0.999. The third-order valence-electron chi connectivity index (χ3n) is 1.51. The first-order valence-corrected chi connectivity index (χ1v) is 3.56. The third kappa shape index (κ3) is 1.28. The summed E-state index contributed by atoms with van der Waals surface area (Å²) < 4.78 is 5.36. The average Bonchev–Trinajstić information content (AvgIpc) is 2.28. The van der Waals surface area contributed by atoms with Gasteiger partial charge in [0.15, 0.2) is 0 Å². The highest BCUT2D eigenvalue weighted by Crippen LogP contribution is 2.24. The van der Waals surface area contributed by atoms with E-state index in [1.807, 2.05) is 24.3 Å². The zero-order chi connectivity index (χ0) is 7.52. The van der Waals surface area contributed by atoms with E-state index in [4.69, 9.17) is 9.57 Å². The Balaban J connectivity index is 2.33. The van der Waals surface area contributed by atoms with Crippen LogP contribution >= 0.6 is 0 Å². The number of rotatable bonds is 0. The average molecular weight is 151 g/mol. The van der Waals surface area contributed by atoms with Crippen molar-refractivity contribution in [3.63, 3.8) is 0 Å². The van der Waals surface area contributed by atoms with Gasteiger partial charge in [-0.2, -0.15) is 0 Å². The first kappa shape index (κ1) is 6.49. The predicted molar refractivity (Wildman–Crippen MR) is 41.5 cm³/mol. The van der Waals surface area contributed by atoms with Crippen molar-refractivity contribution in [1.29, 1.82) is 0 Å². The lowest BCUT2D eigenvalue weighted by atomic mass is 10.3. The first-order chi connectivity index (χ1) is 5.47. The van der Waals surface area contributed by atoms with E-state index in [0.29, 0.717) is 13.2 Å². The van der Waals surface area contributed by atoms with E-state index in [1.165, 1.54) is 0 Å². The van der Waals surface area contributed by atoms with Crippen molar-refractivity contribution < 1.29 is 9.57 Å². The molecule has 1 N–H and O–H groups in total. The molecule has 0 aliphatic carbocycles. The van der Waals surface area contributed by atoms with Crippen LogP contribution in [0.2, 0.25) is 0 Å². The lowest BCUT2D eigenvalue weighted by Crippen LogP contribution is -2.04. The number of fused-ring (bicyclic) bond motifs is 1. The van der Waals surface area contributed by atoms with Crippen LogP contribution in [0.25, 0.3) is 0 Å². The monoisotopic (exact) mass is 151 g/mol. The maximum Gasteiger partial charge on any atom is 0.144 e. The number of hydrogen-bond donors (Lipinski definition) is 1. The van der Waals surface area contributed by atoms with Crippen LogP contribution in [0.1, 0.15) is 0 Å². The normalized spacial score (nSPS) is 15.6. The molecular weight excluding hydrogens is 142 g/mol. The highest BCUT2D eigenvalue weighted by Gasteiger charge is 2.05. The quantitative estimate of drug-likeness (QED) is 0.608. The summed E-state index contributed by atoms with van der Waals surface area (Å²) in [5, 5.41) is 0. The number of benzene rings is 1. The lowest BCUT2D eigenvalue weighted by molar-refractivity contribution is 0.159. The molecule has 0 aromatic heterocycles. The number of nitrogens with one attached hydrogen (secondary N) is 1. The molecule has 11 heavy (non-hydrogen) atoms. The molecule has 1 aliphatic rings. The Bertz CT molecular complexity index is 225. The lowest BCUT2D eigenvalue weighted by Gasteiger charge is -2.03. The topological polar surface area (TPSA) is 30.5 Å². The molecule has 0 amide bonds. The molecular formula is C8H9NO2. The molecule has 3 heteroatoms. The van der Waals surface area contributed by atoms with E-state index in [-0.39, 0.29) is 0 Å². The zero-order valence-corrected chi connectivity index (χ0v) is 6.04. The van der Waals surface area contributed by atoms with Crippen molar-refractivity contribution >= 4 is 5.69 Å². The maximum atomic E-state index is 5.36. The van der Waals surface area contributed by atoms with Crippen molar-refractivity contribution in [1.82, 2.24) is 0 Å². The van der Waals surface area contributed by atoms with Gasteiger partial charge in [-0.25, -0.2) is 0 Å². The van der Waals surface area contributed by atoms with Gasteiger partial charge >= 0.3 is 0 Å². The summed E-state index contributed by atoms with van der Waals surface area (Å²) in [6.07, 6.45) is 0. The second kappa shape index (κ2) is 2.80. The number of anilines is 1. The Labute approximate surface area is 64.9 Å². The van der Waals surface area contributed by atoms with Crippen molar-refractivity contribution in [2.24, 2.45) is 0 Å². The minimum absolute atomic E-state index is 0.578. The molecule has 0 saturated carbocycles. The highest BCUT2D eigenvalue weighted by atomic mass is 16.7. The van der Waals surface area contributed by atoms with Gasteiger partial charge in [0.25, 0.3) is 0 Å². The summed E-state index contributed by atoms with van der Waals surface area (Å²) in [6, 6.07) is 7.70. The molecule has 3 nitrogen and oxygen atoms in total. The van der Waals surface area contributed by atoms with Gasteiger partial charge in [0.2, 0.25) is 0 Å². The molecule has 0 radical (unpaired) electrons. The summed E-state index contributed by atoms with van der Waals surface area (Å²) in [6.45, 7) is 1.18. The van der Waals surface area contributed by atoms with Crippen LogP contribution in [0.3, 0.4) is 0 Å². The van der Waals surface area contributed by atoms with Gasteiger partial charge in [-0.3, -0.25) is 10.3 Å². The second-order valence-electron chi connectivity index (χ2n) is 2.30. The zero-order valence-electron chi connectivity index (χ0n) is 6.04. The summed E-state index contributed by atoms with van der Waals surface area (Å²) >= 11 is 0. The van der Waals surface area contributed by atoms with E-state index in [1.54, 1.807) is 0 Å². The molecule has 0 saturated heterocycles. The van der Waals surface area contributed by atoms with Gasteiger partial charge in [-0.15, -0.1) is 0 Å². The third-order valence-corrected chi connectivity index (χ3v) is 1.51. The van der Waals surface area contributed by atoms with Gasteiger partial charge < -0.3 is 4.74 Å². The number of hydrogen-bond acceptors (Lipinski definition) is 3. The minimum Gasteiger partial charge on any atom is -0.489 e. The molecule has 0 spiro atoms. The summed E-state index contributed by atoms with van der Waals surface area (Å²) in [7, 11) is 0. The molecule has 58 valence electrons. The Morgan fingerprint density at radius 3 is 3.09 bits per heavy atom. The van der Waals surface area contributed by atoms with Gasteiger partial charge in [0.1, 0.15) is 24.7 Å². The fraction of sp³-hybridized carbons (Fsp3) is 0.250. The van der Waals surface area contributed by atoms with Crippen LogP contribution in [0.15, 0.2) is 24.3 Å². The SMILES string of the molecule is c1ccc2c(c1)NOCCO2. The largest absolute Gasteiger partial charge is 0.489 e. The van der Waals surface area contributed by atoms with Crippen molar-refractivity contribution in [3.05, 3.63) is 24.3 Å². The summed E-state index contributed by atoms with van der Waals surface area (Å²) in [5.41, 5.74) is 3.69. The number of para-hydroxylation sites is 2. The van der Waals surface area contributed by atoms with Gasteiger partial charge in [-0.05, 0) is 12.1 Å². The Morgan fingerprint density at radius 2 is 2.09 bits per heavy atom. The number of ether oxygens (including phenoxy) is 1. The van der Waals surface area contributed by atoms with E-state index in [0.717, 1.165) is 11.4 Å². The van der Waals surface area contributed by atoms with E-state index < -0.39 is 0 Å². The smallest absolute Gasteiger partial charge is 0.144 e. The molecule has 0 unspecified atom stereocenters. The molecule has 1 aliphatic heterocycles. The maximum absolute atomic E-state index is 5.36. The van der Waals surface area contributed by atoms with Crippen LogP contribution in [0, 0.1) is 0 Å². The second-order valence-corrected chi connectivity index (χ2v) is 2.30. The standard InChI is InChI=1S/C8H9NO2/c1-2-4-8-7(3-1)9-11-6-5-10-8/h1-4,9H,5-6H2. The predicted octanol–water partition coefficient (Wildman–Crippen LogP) is 1.42. The summed E-state index contributed by atoms with van der Waals surface area (Å²) in [4.78, 5) is 5.05. The van der Waals surface area contributed by atoms with Crippen LogP contribution in [-0.4, -0.2) is 13.2 Å². The molecule has 1 heterocycles. The van der Waals surface area contributed by atoms with Gasteiger partial charge in [0, 0.05) is 0 Å². The highest BCUT2D eigenvalue weighted by molar-refractivity contribution is 5.54. The van der Waals surface area contributed by atoms with Gasteiger partial charge in [-0.1, -0.05) is 12.1 Å². The van der Waals surface area contributed by atoms with Crippen LogP contribution in [0.4, 0.5) is 5.69 Å². The fourth-order valence-corrected chi connectivity index (χ4v) is 0.999. The Morgan fingerprint density at radius 1 is 1.18 bits per heavy atom. The van der Waals surface area contributed by atoms with Gasteiger partial charge in [0.05, 0.1) is 0 Å². The van der Waals surface area contributed by atoms with Crippen LogP contribution < -0.4 is 10.2 Å². The van der Waals surface area contributed by atoms with Crippen molar-refractivity contribution in [3.8, 4) is 5.75 Å². The van der Waals surface area contributed by atoms with Crippen LogP contribution in [0.5, 0.6) is 5.75 Å². The molecule has 2 rings (SSSR count). The van der Waals surface area contributed by atoms with Crippen LogP contribution in [-0.2, 0) is 4.84 Å². The van der Waals surface area contributed by atoms with Crippen molar-refractivity contribution in [2.45, 2.75) is 0 Å². The first-order valence-electron chi connectivity index (χ1n) is 3.56. The van der Waals surface area contributed by atoms with Crippen molar-refractivity contribution in [2.75, 3.05) is 18.7 Å². The molecule has 1 aromatic rings. The molecule has 0 atom stereocenters. The Hall–Kier alpha value is -1.22. The van der Waals surface area contributed by atoms with E-state index in [9.17, 15) is 0 Å². The summed E-state index contributed by atoms with van der Waals surface area (Å²) in [5.74, 6) is 0.852. The Kier molecular flexibility index (Phi) is 1.65.